The number of hydrogen-bond donors (Lipinski definition) is 2. The van der Waals surface area contributed by atoms with Crippen LogP contribution in [0.5, 0.6) is 0 Å². The van der Waals surface area contributed by atoms with Gasteiger partial charge in [-0.15, -0.1) is 0 Å². The fraction of sp³-hybridized carbons (Fsp3) is 0.529. The van der Waals surface area contributed by atoms with E-state index in [1.807, 2.05) is 18.2 Å². The quantitative estimate of drug-likeness (QED) is 0.835. The fourth-order valence-corrected chi connectivity index (χ4v) is 3.76. The lowest BCUT2D eigenvalue weighted by Crippen LogP contribution is -2.44. The Morgan fingerprint density at radius 2 is 1.76 bits per heavy atom. The van der Waals surface area contributed by atoms with Crippen LogP contribution in [0.3, 0.4) is 0 Å². The Hall–Kier alpha value is -1.84. The highest BCUT2D eigenvalue weighted by atomic mass is 16.2. The van der Waals surface area contributed by atoms with Crippen molar-refractivity contribution in [2.24, 2.45) is 17.3 Å². The molecule has 0 bridgehead atoms. The second kappa shape index (κ2) is 4.58. The Labute approximate surface area is 124 Å². The molecule has 1 aromatic rings. The van der Waals surface area contributed by atoms with Gasteiger partial charge in [-0.05, 0) is 42.6 Å². The van der Waals surface area contributed by atoms with Crippen LogP contribution in [0.2, 0.25) is 0 Å². The van der Waals surface area contributed by atoms with E-state index >= 15 is 0 Å². The molecule has 0 unspecified atom stereocenters. The second-order valence-electron chi connectivity index (χ2n) is 6.81. The molecule has 3 saturated carbocycles. The molecule has 2 amide bonds. The van der Waals surface area contributed by atoms with Crippen LogP contribution in [-0.4, -0.2) is 11.8 Å². The second-order valence-corrected chi connectivity index (χ2v) is 6.81. The maximum absolute atomic E-state index is 12.1. The summed E-state index contributed by atoms with van der Waals surface area (Å²) in [7, 11) is 0. The summed E-state index contributed by atoms with van der Waals surface area (Å²) in [6, 6.07) is 10.1. The van der Waals surface area contributed by atoms with Gasteiger partial charge in [0.25, 0.3) is 0 Å². The summed E-state index contributed by atoms with van der Waals surface area (Å²) in [5.74, 6) is 0.391. The van der Waals surface area contributed by atoms with E-state index < -0.39 is 0 Å². The van der Waals surface area contributed by atoms with Gasteiger partial charge in [0.1, 0.15) is 0 Å². The molecule has 0 radical (unpaired) electrons. The standard InChI is InChI=1S/C17H20N2O2/c20-15(13-9-12(13)11-5-2-1-3-6-11)18-19-16(21)14-10-17(14)7-4-8-17/h1-3,5-6,12-14H,4,7-10H2,(H,18,20)(H,19,21)/t12-,13+,14+/m1/s1. The maximum Gasteiger partial charge on any atom is 0.242 e. The Bertz CT molecular complexity index is 580. The molecule has 3 fully saturated rings. The molecule has 0 aliphatic heterocycles. The van der Waals surface area contributed by atoms with Crippen molar-refractivity contribution in [2.75, 3.05) is 0 Å². The molecular formula is C17H20N2O2. The third-order valence-corrected chi connectivity index (χ3v) is 5.52. The number of benzene rings is 1. The molecule has 0 heterocycles. The van der Waals surface area contributed by atoms with Crippen molar-refractivity contribution in [2.45, 2.75) is 38.0 Å². The first-order valence-corrected chi connectivity index (χ1v) is 7.84. The monoisotopic (exact) mass is 284 g/mol. The summed E-state index contributed by atoms with van der Waals surface area (Å²) in [6.45, 7) is 0. The fourth-order valence-electron chi connectivity index (χ4n) is 3.76. The van der Waals surface area contributed by atoms with Crippen LogP contribution in [0.1, 0.15) is 43.6 Å². The highest BCUT2D eigenvalue weighted by Gasteiger charge is 2.61. The first kappa shape index (κ1) is 12.9. The summed E-state index contributed by atoms with van der Waals surface area (Å²) in [5, 5.41) is 0. The molecule has 2 N–H and O–H groups in total. The van der Waals surface area contributed by atoms with Gasteiger partial charge in [-0.3, -0.25) is 20.4 Å². The number of amides is 2. The molecule has 3 atom stereocenters. The van der Waals surface area contributed by atoms with Crippen LogP contribution in [0.15, 0.2) is 30.3 Å². The zero-order valence-electron chi connectivity index (χ0n) is 12.0. The smallest absolute Gasteiger partial charge is 0.242 e. The van der Waals surface area contributed by atoms with Gasteiger partial charge in [-0.25, -0.2) is 0 Å². The molecule has 1 spiro atoms. The SMILES string of the molecule is O=C(NNC(=O)[C@@H]1CC12CCC2)[C@H]1C[C@@H]1c1ccccc1. The lowest BCUT2D eigenvalue weighted by molar-refractivity contribution is -0.131. The summed E-state index contributed by atoms with van der Waals surface area (Å²) in [5.41, 5.74) is 6.75. The first-order valence-electron chi connectivity index (χ1n) is 7.84. The van der Waals surface area contributed by atoms with E-state index in [1.165, 1.54) is 24.8 Å². The summed E-state index contributed by atoms with van der Waals surface area (Å²) >= 11 is 0. The van der Waals surface area contributed by atoms with Crippen LogP contribution in [0.25, 0.3) is 0 Å². The van der Waals surface area contributed by atoms with Gasteiger partial charge >= 0.3 is 0 Å². The Morgan fingerprint density at radius 1 is 1.05 bits per heavy atom. The van der Waals surface area contributed by atoms with Gasteiger partial charge < -0.3 is 0 Å². The number of carbonyl (C=O) groups excluding carboxylic acids is 2. The van der Waals surface area contributed by atoms with E-state index in [0.29, 0.717) is 11.3 Å². The minimum Gasteiger partial charge on any atom is -0.273 e. The van der Waals surface area contributed by atoms with Crippen LogP contribution in [-0.2, 0) is 9.59 Å². The van der Waals surface area contributed by atoms with Crippen LogP contribution in [0, 0.1) is 17.3 Å². The summed E-state index contributed by atoms with van der Waals surface area (Å²) in [4.78, 5) is 24.0. The minimum atomic E-state index is -0.0551. The zero-order valence-corrected chi connectivity index (χ0v) is 12.0. The highest BCUT2D eigenvalue weighted by molar-refractivity contribution is 5.88. The molecule has 110 valence electrons. The van der Waals surface area contributed by atoms with Gasteiger partial charge in [0.05, 0.1) is 0 Å². The maximum atomic E-state index is 12.1. The van der Waals surface area contributed by atoms with Gasteiger partial charge in [0, 0.05) is 11.8 Å². The highest BCUT2D eigenvalue weighted by Crippen LogP contribution is 2.65. The summed E-state index contributed by atoms with van der Waals surface area (Å²) in [6.07, 6.45) is 5.48. The normalized spacial score (nSPS) is 31.1. The molecule has 4 heteroatoms. The van der Waals surface area contributed by atoms with E-state index in [0.717, 1.165) is 12.8 Å². The zero-order chi connectivity index (χ0) is 14.4. The first-order chi connectivity index (χ1) is 10.2. The van der Waals surface area contributed by atoms with Crippen LogP contribution < -0.4 is 10.9 Å². The predicted molar refractivity (Wildman–Crippen MR) is 78.0 cm³/mol. The van der Waals surface area contributed by atoms with Crippen molar-refractivity contribution in [3.05, 3.63) is 35.9 Å². The molecule has 0 saturated heterocycles. The minimum absolute atomic E-state index is 0.0000360. The molecule has 21 heavy (non-hydrogen) atoms. The van der Waals surface area contributed by atoms with E-state index in [9.17, 15) is 9.59 Å². The lowest BCUT2D eigenvalue weighted by atomic mass is 9.80. The van der Waals surface area contributed by atoms with Gasteiger partial charge in [-0.1, -0.05) is 36.8 Å². The number of carbonyl (C=O) groups is 2. The number of hydrogen-bond acceptors (Lipinski definition) is 2. The average Bonchev–Trinajstić information content (AvgIpc) is 3.36. The molecule has 4 nitrogen and oxygen atoms in total. The Morgan fingerprint density at radius 3 is 2.38 bits per heavy atom. The van der Waals surface area contributed by atoms with Crippen molar-refractivity contribution < 1.29 is 9.59 Å². The number of rotatable bonds is 3. The van der Waals surface area contributed by atoms with Crippen LogP contribution in [0.4, 0.5) is 0 Å². The number of nitrogens with one attached hydrogen (secondary N) is 2. The summed E-state index contributed by atoms with van der Waals surface area (Å²) < 4.78 is 0. The third kappa shape index (κ3) is 2.23. The Balaban J connectivity index is 1.25. The largest absolute Gasteiger partial charge is 0.273 e. The van der Waals surface area contributed by atoms with E-state index in [1.54, 1.807) is 0 Å². The molecule has 0 aromatic heterocycles. The lowest BCUT2D eigenvalue weighted by Gasteiger charge is -2.26. The van der Waals surface area contributed by atoms with Gasteiger partial charge in [0.15, 0.2) is 0 Å². The van der Waals surface area contributed by atoms with Crippen molar-refractivity contribution in [3.8, 4) is 0 Å². The molecule has 4 rings (SSSR count). The number of hydrazine groups is 1. The third-order valence-electron chi connectivity index (χ3n) is 5.52. The van der Waals surface area contributed by atoms with Crippen molar-refractivity contribution >= 4 is 11.8 Å². The molecule has 3 aliphatic carbocycles. The van der Waals surface area contributed by atoms with Gasteiger partial charge in [0.2, 0.25) is 11.8 Å². The Kier molecular flexibility index (Phi) is 2.81. The van der Waals surface area contributed by atoms with Crippen LogP contribution >= 0.6 is 0 Å². The predicted octanol–water partition coefficient (Wildman–Crippen LogP) is 2.13. The molecule has 1 aromatic carbocycles. The molecule has 3 aliphatic rings. The van der Waals surface area contributed by atoms with E-state index in [-0.39, 0.29) is 23.7 Å². The topological polar surface area (TPSA) is 58.2 Å². The van der Waals surface area contributed by atoms with Crippen molar-refractivity contribution in [1.29, 1.82) is 0 Å². The van der Waals surface area contributed by atoms with E-state index in [2.05, 4.69) is 23.0 Å². The van der Waals surface area contributed by atoms with Crippen molar-refractivity contribution in [1.82, 2.24) is 10.9 Å². The molecular weight excluding hydrogens is 264 g/mol. The van der Waals surface area contributed by atoms with Crippen molar-refractivity contribution in [3.63, 3.8) is 0 Å². The average molecular weight is 284 g/mol. The van der Waals surface area contributed by atoms with E-state index in [4.69, 9.17) is 0 Å². The van der Waals surface area contributed by atoms with Gasteiger partial charge in [-0.2, -0.15) is 0 Å².